The van der Waals surface area contributed by atoms with Gasteiger partial charge in [-0.25, -0.2) is 8.42 Å². The summed E-state index contributed by atoms with van der Waals surface area (Å²) in [6, 6.07) is 3.40. The van der Waals surface area contributed by atoms with E-state index in [1.54, 1.807) is 18.3 Å². The molecule has 21 heavy (non-hydrogen) atoms. The van der Waals surface area contributed by atoms with E-state index < -0.39 is 10.0 Å². The number of aliphatic hydroxyl groups excluding tert-OH is 1. The Morgan fingerprint density at radius 3 is 3.10 bits per heavy atom. The van der Waals surface area contributed by atoms with Crippen molar-refractivity contribution in [1.29, 1.82) is 0 Å². The molecular weight excluding hydrogens is 290 g/mol. The average Bonchev–Trinajstić information content (AvgIpc) is 2.55. The van der Waals surface area contributed by atoms with Crippen molar-refractivity contribution in [2.75, 3.05) is 26.2 Å². The van der Waals surface area contributed by atoms with Gasteiger partial charge in [-0.15, -0.1) is 0 Å². The van der Waals surface area contributed by atoms with E-state index >= 15 is 0 Å². The van der Waals surface area contributed by atoms with E-state index in [1.165, 1.54) is 10.5 Å². The molecule has 0 aromatic carbocycles. The number of pyridine rings is 1. The SMILES string of the molecule is O=S(=O)(c1cccnc1)N1CC[C@H]2NCCC[C@]2(CO)C1. The van der Waals surface area contributed by atoms with Crippen molar-refractivity contribution < 1.29 is 13.5 Å². The molecule has 2 aliphatic heterocycles. The number of aromatic nitrogens is 1. The number of piperidine rings is 2. The molecule has 3 rings (SSSR count). The van der Waals surface area contributed by atoms with Gasteiger partial charge in [0.1, 0.15) is 4.90 Å². The smallest absolute Gasteiger partial charge is 0.244 e. The van der Waals surface area contributed by atoms with Crippen LogP contribution in [-0.2, 0) is 10.0 Å². The van der Waals surface area contributed by atoms with Crippen molar-refractivity contribution >= 4 is 10.0 Å². The molecule has 1 aromatic heterocycles. The standard InChI is InChI=1S/C14H21N3O3S/c18-11-14-5-2-7-16-13(14)4-8-17(10-14)21(19,20)12-3-1-6-15-9-12/h1,3,6,9,13,16,18H,2,4-5,7-8,10-11H2/t13-,14-/m1/s1. The van der Waals surface area contributed by atoms with Gasteiger partial charge < -0.3 is 10.4 Å². The van der Waals surface area contributed by atoms with E-state index in [0.717, 1.165) is 25.8 Å². The molecule has 0 unspecified atom stereocenters. The number of hydrogen-bond donors (Lipinski definition) is 2. The van der Waals surface area contributed by atoms with Crippen molar-refractivity contribution in [1.82, 2.24) is 14.6 Å². The summed E-state index contributed by atoms with van der Waals surface area (Å²) in [5.74, 6) is 0. The van der Waals surface area contributed by atoms with Gasteiger partial charge in [0.25, 0.3) is 0 Å². The first-order valence-electron chi connectivity index (χ1n) is 7.33. The molecule has 2 aliphatic rings. The number of nitrogens with zero attached hydrogens (tertiary/aromatic N) is 2. The Morgan fingerprint density at radius 1 is 1.52 bits per heavy atom. The van der Waals surface area contributed by atoms with E-state index in [-0.39, 0.29) is 23.0 Å². The van der Waals surface area contributed by atoms with Crippen LogP contribution >= 0.6 is 0 Å². The maximum Gasteiger partial charge on any atom is 0.244 e. The van der Waals surface area contributed by atoms with Gasteiger partial charge in [-0.05, 0) is 37.9 Å². The van der Waals surface area contributed by atoms with Crippen LogP contribution in [0.15, 0.2) is 29.4 Å². The third-order valence-electron chi connectivity index (χ3n) is 4.73. The lowest BCUT2D eigenvalue weighted by Crippen LogP contribution is -2.62. The number of rotatable bonds is 3. The fraction of sp³-hybridized carbons (Fsp3) is 0.643. The highest BCUT2D eigenvalue weighted by atomic mass is 32.2. The molecular formula is C14H21N3O3S. The maximum atomic E-state index is 12.7. The third kappa shape index (κ3) is 2.59. The quantitative estimate of drug-likeness (QED) is 0.834. The highest BCUT2D eigenvalue weighted by molar-refractivity contribution is 7.89. The first-order valence-corrected chi connectivity index (χ1v) is 8.77. The maximum absolute atomic E-state index is 12.7. The van der Waals surface area contributed by atoms with Crippen molar-refractivity contribution in [3.63, 3.8) is 0 Å². The molecule has 3 heterocycles. The van der Waals surface area contributed by atoms with Gasteiger partial charge in [0.05, 0.1) is 6.61 Å². The molecule has 7 heteroatoms. The molecule has 0 amide bonds. The molecule has 0 aliphatic carbocycles. The summed E-state index contributed by atoms with van der Waals surface area (Å²) in [5.41, 5.74) is -0.355. The zero-order valence-electron chi connectivity index (χ0n) is 11.9. The number of sulfonamides is 1. The van der Waals surface area contributed by atoms with Crippen molar-refractivity contribution in [3.05, 3.63) is 24.5 Å². The van der Waals surface area contributed by atoms with Crippen LogP contribution in [0.3, 0.4) is 0 Å². The van der Waals surface area contributed by atoms with E-state index in [2.05, 4.69) is 10.3 Å². The molecule has 0 radical (unpaired) electrons. The van der Waals surface area contributed by atoms with Crippen LogP contribution in [0.5, 0.6) is 0 Å². The predicted molar refractivity (Wildman–Crippen MR) is 78.2 cm³/mol. The monoisotopic (exact) mass is 311 g/mol. The lowest BCUT2D eigenvalue weighted by molar-refractivity contribution is 0.00547. The van der Waals surface area contributed by atoms with Gasteiger partial charge in [-0.2, -0.15) is 4.31 Å². The van der Waals surface area contributed by atoms with Gasteiger partial charge in [0.2, 0.25) is 10.0 Å². The van der Waals surface area contributed by atoms with E-state index in [0.29, 0.717) is 13.1 Å². The number of fused-ring (bicyclic) bond motifs is 1. The fourth-order valence-electron chi connectivity index (χ4n) is 3.50. The van der Waals surface area contributed by atoms with E-state index in [4.69, 9.17) is 0 Å². The van der Waals surface area contributed by atoms with Crippen molar-refractivity contribution in [2.24, 2.45) is 5.41 Å². The molecule has 0 spiro atoms. The molecule has 2 saturated heterocycles. The topological polar surface area (TPSA) is 82.5 Å². The highest BCUT2D eigenvalue weighted by Crippen LogP contribution is 2.38. The molecule has 0 saturated carbocycles. The molecule has 6 nitrogen and oxygen atoms in total. The minimum atomic E-state index is -3.53. The van der Waals surface area contributed by atoms with Crippen molar-refractivity contribution in [2.45, 2.75) is 30.2 Å². The van der Waals surface area contributed by atoms with Crippen LogP contribution in [0, 0.1) is 5.41 Å². The van der Waals surface area contributed by atoms with Gasteiger partial charge in [0.15, 0.2) is 0 Å². The van der Waals surface area contributed by atoms with Gasteiger partial charge >= 0.3 is 0 Å². The van der Waals surface area contributed by atoms with Crippen LogP contribution in [0.1, 0.15) is 19.3 Å². The molecule has 2 atom stereocenters. The van der Waals surface area contributed by atoms with Gasteiger partial charge in [-0.3, -0.25) is 4.98 Å². The summed E-state index contributed by atoms with van der Waals surface area (Å²) >= 11 is 0. The lowest BCUT2D eigenvalue weighted by Gasteiger charge is -2.49. The minimum absolute atomic E-state index is 0.0176. The molecule has 2 N–H and O–H groups in total. The highest BCUT2D eigenvalue weighted by Gasteiger charge is 2.47. The van der Waals surface area contributed by atoms with Crippen molar-refractivity contribution in [3.8, 4) is 0 Å². The zero-order valence-corrected chi connectivity index (χ0v) is 12.7. The van der Waals surface area contributed by atoms with Crippen LogP contribution in [0.2, 0.25) is 0 Å². The van der Waals surface area contributed by atoms with Crippen LogP contribution in [0.4, 0.5) is 0 Å². The summed E-state index contributed by atoms with van der Waals surface area (Å²) < 4.78 is 26.9. The summed E-state index contributed by atoms with van der Waals surface area (Å²) in [4.78, 5) is 4.12. The largest absolute Gasteiger partial charge is 0.396 e. The Balaban J connectivity index is 1.87. The lowest BCUT2D eigenvalue weighted by atomic mass is 9.71. The number of aliphatic hydroxyl groups is 1. The Hall–Kier alpha value is -1.02. The van der Waals surface area contributed by atoms with Crippen LogP contribution in [0.25, 0.3) is 0 Å². The van der Waals surface area contributed by atoms with Crippen LogP contribution in [-0.4, -0.2) is 55.1 Å². The summed E-state index contributed by atoms with van der Waals surface area (Å²) in [6.07, 6.45) is 5.51. The van der Waals surface area contributed by atoms with Crippen LogP contribution < -0.4 is 5.32 Å². The number of hydrogen-bond acceptors (Lipinski definition) is 5. The Labute approximate surface area is 125 Å². The summed E-state index contributed by atoms with van der Waals surface area (Å²) in [6.45, 7) is 1.82. The van der Waals surface area contributed by atoms with E-state index in [9.17, 15) is 13.5 Å². The molecule has 116 valence electrons. The second-order valence-electron chi connectivity index (χ2n) is 5.95. The second kappa shape index (κ2) is 5.64. The Morgan fingerprint density at radius 2 is 2.38 bits per heavy atom. The molecule has 1 aromatic rings. The fourth-order valence-corrected chi connectivity index (χ4v) is 5.02. The van der Waals surface area contributed by atoms with Gasteiger partial charge in [0, 0.05) is 36.9 Å². The second-order valence-corrected chi connectivity index (χ2v) is 7.88. The molecule has 2 fully saturated rings. The van der Waals surface area contributed by atoms with Gasteiger partial charge in [-0.1, -0.05) is 0 Å². The minimum Gasteiger partial charge on any atom is -0.396 e. The predicted octanol–water partition coefficient (Wildman–Crippen LogP) is 0.207. The Kier molecular flexibility index (Phi) is 4.00. The third-order valence-corrected chi connectivity index (χ3v) is 6.56. The first-order chi connectivity index (χ1) is 10.1. The summed E-state index contributed by atoms with van der Waals surface area (Å²) in [7, 11) is -3.53. The first kappa shape index (κ1) is 14.9. The normalized spacial score (nSPS) is 30.8. The number of nitrogens with one attached hydrogen (secondary N) is 1. The molecule has 0 bridgehead atoms. The Bertz CT molecular complexity index is 593. The summed E-state index contributed by atoms with van der Waals surface area (Å²) in [5, 5.41) is 13.3. The van der Waals surface area contributed by atoms with E-state index in [1.807, 2.05) is 0 Å². The average molecular weight is 311 g/mol. The zero-order chi connectivity index (χ0) is 14.9.